The van der Waals surface area contributed by atoms with Crippen LogP contribution >= 0.6 is 23.2 Å². The van der Waals surface area contributed by atoms with Crippen molar-refractivity contribution < 1.29 is 9.18 Å². The van der Waals surface area contributed by atoms with Crippen molar-refractivity contribution >= 4 is 29.1 Å². The fourth-order valence-corrected chi connectivity index (χ4v) is 1.92. The highest BCUT2D eigenvalue weighted by Crippen LogP contribution is 2.18. The molecule has 94 valence electrons. The van der Waals surface area contributed by atoms with Crippen LogP contribution in [0.4, 0.5) is 4.39 Å². The van der Waals surface area contributed by atoms with Gasteiger partial charge in [0, 0.05) is 11.9 Å². The van der Waals surface area contributed by atoms with Gasteiger partial charge in [0.1, 0.15) is 0 Å². The minimum Gasteiger partial charge on any atom is -0.348 e. The number of nitrogens with one attached hydrogen (secondary N) is 1. The molecule has 0 heterocycles. The summed E-state index contributed by atoms with van der Waals surface area (Å²) in [7, 11) is 0. The number of hydrogen-bond acceptors (Lipinski definition) is 1. The fraction of sp³-hybridized carbons (Fsp3) is 0.417. The summed E-state index contributed by atoms with van der Waals surface area (Å²) in [4.78, 5) is 11.8. The molecule has 0 aromatic heterocycles. The summed E-state index contributed by atoms with van der Waals surface area (Å²) >= 11 is 11.3. The molecule has 0 aliphatic rings. The third-order valence-corrected chi connectivity index (χ3v) is 3.11. The van der Waals surface area contributed by atoms with Gasteiger partial charge in [-0.3, -0.25) is 4.79 Å². The average Bonchev–Trinajstić information content (AvgIpc) is 2.28. The molecule has 1 N–H and O–H groups in total. The summed E-state index contributed by atoms with van der Waals surface area (Å²) in [6, 6.07) is 4.13. The van der Waals surface area contributed by atoms with Gasteiger partial charge in [-0.25, -0.2) is 4.39 Å². The minimum absolute atomic E-state index is 0.0618. The maximum Gasteiger partial charge on any atom is 0.254 e. The third-order valence-electron chi connectivity index (χ3n) is 2.48. The highest BCUT2D eigenvalue weighted by Gasteiger charge is 2.19. The number of amides is 1. The van der Waals surface area contributed by atoms with Crippen molar-refractivity contribution in [2.75, 3.05) is 5.88 Å². The molecule has 0 fully saturated rings. The Hall–Kier alpha value is -0.800. The number of benzene rings is 1. The molecule has 0 aliphatic heterocycles. The predicted octanol–water partition coefficient (Wildman–Crippen LogP) is 3.47. The van der Waals surface area contributed by atoms with Gasteiger partial charge in [0.05, 0.1) is 10.6 Å². The first-order valence-electron chi connectivity index (χ1n) is 5.28. The molecular formula is C12H14Cl2FNO. The Morgan fingerprint density at radius 3 is 2.65 bits per heavy atom. The first-order chi connectivity index (χ1) is 7.97. The van der Waals surface area contributed by atoms with E-state index >= 15 is 0 Å². The smallest absolute Gasteiger partial charge is 0.254 e. The van der Waals surface area contributed by atoms with E-state index in [1.54, 1.807) is 0 Å². The van der Waals surface area contributed by atoms with E-state index in [1.807, 2.05) is 13.8 Å². The predicted molar refractivity (Wildman–Crippen MR) is 68.2 cm³/mol. The molecule has 1 amide bonds. The molecule has 1 rings (SSSR count). The molecule has 0 aliphatic carbocycles. The quantitative estimate of drug-likeness (QED) is 0.839. The Balaban J connectivity index is 2.86. The first-order valence-corrected chi connectivity index (χ1v) is 6.19. The summed E-state index contributed by atoms with van der Waals surface area (Å²) in [6.45, 7) is 3.86. The standard InChI is InChI=1S/C12H14Cl2FNO/c1-7(2)10(6-13)16-12(17)8-4-3-5-9(14)11(8)15/h3-5,7,10H,6H2,1-2H3,(H,16,17). The first kappa shape index (κ1) is 14.3. The zero-order chi connectivity index (χ0) is 13.0. The van der Waals surface area contributed by atoms with Gasteiger partial charge in [-0.1, -0.05) is 31.5 Å². The van der Waals surface area contributed by atoms with Crippen molar-refractivity contribution in [3.63, 3.8) is 0 Å². The van der Waals surface area contributed by atoms with Crippen LogP contribution in [0.5, 0.6) is 0 Å². The van der Waals surface area contributed by atoms with Crippen LogP contribution < -0.4 is 5.32 Å². The number of halogens is 3. The fourth-order valence-electron chi connectivity index (χ4n) is 1.31. The van der Waals surface area contributed by atoms with Gasteiger partial charge in [-0.05, 0) is 18.1 Å². The SMILES string of the molecule is CC(C)C(CCl)NC(=O)c1cccc(Cl)c1F. The third kappa shape index (κ3) is 3.58. The molecule has 0 radical (unpaired) electrons. The Morgan fingerprint density at radius 2 is 2.12 bits per heavy atom. The van der Waals surface area contributed by atoms with E-state index < -0.39 is 11.7 Å². The van der Waals surface area contributed by atoms with Crippen molar-refractivity contribution in [1.82, 2.24) is 5.32 Å². The van der Waals surface area contributed by atoms with Crippen molar-refractivity contribution in [2.24, 2.45) is 5.92 Å². The summed E-state index contributed by atoms with van der Waals surface area (Å²) in [5, 5.41) is 2.62. The molecule has 17 heavy (non-hydrogen) atoms. The summed E-state index contributed by atoms with van der Waals surface area (Å²) in [5.41, 5.74) is -0.0618. The second-order valence-corrected chi connectivity index (χ2v) is 4.80. The highest BCUT2D eigenvalue weighted by atomic mass is 35.5. The number of alkyl halides is 1. The zero-order valence-electron chi connectivity index (χ0n) is 9.64. The zero-order valence-corrected chi connectivity index (χ0v) is 11.1. The van der Waals surface area contributed by atoms with E-state index in [-0.39, 0.29) is 28.4 Å². The largest absolute Gasteiger partial charge is 0.348 e. The van der Waals surface area contributed by atoms with Crippen molar-refractivity contribution in [2.45, 2.75) is 19.9 Å². The number of carbonyl (C=O) groups is 1. The number of hydrogen-bond donors (Lipinski definition) is 1. The van der Waals surface area contributed by atoms with Crippen LogP contribution in [-0.4, -0.2) is 17.8 Å². The Labute approximate surface area is 110 Å². The van der Waals surface area contributed by atoms with Gasteiger partial charge in [0.15, 0.2) is 5.82 Å². The van der Waals surface area contributed by atoms with Gasteiger partial charge in [-0.2, -0.15) is 0 Å². The summed E-state index contributed by atoms with van der Waals surface area (Å²) in [5.74, 6) is -0.738. The van der Waals surface area contributed by atoms with Crippen LogP contribution in [0.25, 0.3) is 0 Å². The van der Waals surface area contributed by atoms with Gasteiger partial charge >= 0.3 is 0 Å². The van der Waals surface area contributed by atoms with E-state index in [1.165, 1.54) is 18.2 Å². The monoisotopic (exact) mass is 277 g/mol. The van der Waals surface area contributed by atoms with Gasteiger partial charge in [0.2, 0.25) is 0 Å². The van der Waals surface area contributed by atoms with Crippen LogP contribution in [0.2, 0.25) is 5.02 Å². The molecule has 0 bridgehead atoms. The van der Waals surface area contributed by atoms with E-state index in [0.717, 1.165) is 0 Å². The lowest BCUT2D eigenvalue weighted by molar-refractivity contribution is 0.0927. The van der Waals surface area contributed by atoms with E-state index in [0.29, 0.717) is 0 Å². The number of rotatable bonds is 4. The lowest BCUT2D eigenvalue weighted by Gasteiger charge is -2.19. The van der Waals surface area contributed by atoms with Crippen molar-refractivity contribution in [3.05, 3.63) is 34.6 Å². The molecule has 0 saturated heterocycles. The van der Waals surface area contributed by atoms with E-state index in [9.17, 15) is 9.18 Å². The minimum atomic E-state index is -0.705. The molecule has 1 aromatic carbocycles. The van der Waals surface area contributed by atoms with E-state index in [4.69, 9.17) is 23.2 Å². The topological polar surface area (TPSA) is 29.1 Å². The van der Waals surface area contributed by atoms with Crippen LogP contribution in [0.15, 0.2) is 18.2 Å². The maximum atomic E-state index is 13.6. The Kier molecular flexibility index (Phi) is 5.22. The van der Waals surface area contributed by atoms with Crippen LogP contribution in [0, 0.1) is 11.7 Å². The Bertz CT molecular complexity index is 409. The van der Waals surface area contributed by atoms with Crippen molar-refractivity contribution in [1.29, 1.82) is 0 Å². The second-order valence-electron chi connectivity index (χ2n) is 4.08. The van der Waals surface area contributed by atoms with E-state index in [2.05, 4.69) is 5.32 Å². The lowest BCUT2D eigenvalue weighted by atomic mass is 10.1. The van der Waals surface area contributed by atoms with Crippen LogP contribution in [-0.2, 0) is 0 Å². The molecule has 5 heteroatoms. The molecular weight excluding hydrogens is 264 g/mol. The molecule has 1 aromatic rings. The highest BCUT2D eigenvalue weighted by molar-refractivity contribution is 6.31. The van der Waals surface area contributed by atoms with Crippen LogP contribution in [0.1, 0.15) is 24.2 Å². The molecule has 1 atom stereocenters. The molecule has 2 nitrogen and oxygen atoms in total. The molecule has 0 saturated carbocycles. The summed E-state index contributed by atoms with van der Waals surface area (Å²) < 4.78 is 13.6. The molecule has 1 unspecified atom stereocenters. The Morgan fingerprint density at radius 1 is 1.47 bits per heavy atom. The molecule has 0 spiro atoms. The number of carbonyl (C=O) groups excluding carboxylic acids is 1. The van der Waals surface area contributed by atoms with Gasteiger partial charge in [0.25, 0.3) is 5.91 Å². The van der Waals surface area contributed by atoms with Crippen molar-refractivity contribution in [3.8, 4) is 0 Å². The lowest BCUT2D eigenvalue weighted by Crippen LogP contribution is -2.40. The summed E-state index contributed by atoms with van der Waals surface area (Å²) in [6.07, 6.45) is 0. The van der Waals surface area contributed by atoms with Gasteiger partial charge < -0.3 is 5.32 Å². The maximum absolute atomic E-state index is 13.6. The normalized spacial score (nSPS) is 12.6. The average molecular weight is 278 g/mol. The van der Waals surface area contributed by atoms with Crippen LogP contribution in [0.3, 0.4) is 0 Å². The van der Waals surface area contributed by atoms with Gasteiger partial charge in [-0.15, -0.1) is 11.6 Å². The second kappa shape index (κ2) is 6.22.